The average molecular weight is 486 g/mol. The summed E-state index contributed by atoms with van der Waals surface area (Å²) >= 11 is 17.7. The van der Waals surface area contributed by atoms with Gasteiger partial charge < -0.3 is 10.1 Å². The number of benzene rings is 3. The largest absolute Gasteiger partial charge is 0.495 e. The number of carbonyl (C=O) groups is 1. The molecule has 0 saturated heterocycles. The van der Waals surface area contributed by atoms with Crippen molar-refractivity contribution in [1.29, 1.82) is 0 Å². The number of sulfonamides is 1. The third-order valence-corrected chi connectivity index (χ3v) is 6.19. The number of hydrogen-bond acceptors (Lipinski definition) is 4. The average Bonchev–Trinajstić information content (AvgIpc) is 2.69. The van der Waals surface area contributed by atoms with Crippen LogP contribution in [0.4, 0.5) is 11.4 Å². The first kappa shape index (κ1) is 22.2. The van der Waals surface area contributed by atoms with Crippen molar-refractivity contribution >= 4 is 62.1 Å². The summed E-state index contributed by atoms with van der Waals surface area (Å²) in [6.45, 7) is 0. The van der Waals surface area contributed by atoms with Crippen LogP contribution in [0.1, 0.15) is 10.4 Å². The molecule has 2 N–H and O–H groups in total. The fraction of sp³-hybridized carbons (Fsp3) is 0.0500. The number of nitrogens with one attached hydrogen (secondary N) is 2. The van der Waals surface area contributed by atoms with Gasteiger partial charge in [0.2, 0.25) is 0 Å². The van der Waals surface area contributed by atoms with Gasteiger partial charge in [-0.05, 0) is 60.7 Å². The number of anilines is 2. The molecule has 0 spiro atoms. The number of rotatable bonds is 6. The van der Waals surface area contributed by atoms with Crippen LogP contribution in [0.2, 0.25) is 15.1 Å². The van der Waals surface area contributed by atoms with E-state index in [0.717, 1.165) is 0 Å². The van der Waals surface area contributed by atoms with E-state index >= 15 is 0 Å². The molecule has 0 aliphatic carbocycles. The first-order chi connectivity index (χ1) is 14.2. The molecular weight excluding hydrogens is 471 g/mol. The Morgan fingerprint density at radius 1 is 0.867 bits per heavy atom. The zero-order chi connectivity index (χ0) is 21.9. The molecule has 0 aliphatic rings. The topological polar surface area (TPSA) is 84.5 Å². The molecule has 30 heavy (non-hydrogen) atoms. The van der Waals surface area contributed by atoms with Crippen LogP contribution in [-0.2, 0) is 10.0 Å². The van der Waals surface area contributed by atoms with Crippen molar-refractivity contribution < 1.29 is 17.9 Å². The fourth-order valence-electron chi connectivity index (χ4n) is 2.56. The summed E-state index contributed by atoms with van der Waals surface area (Å²) in [7, 11) is -2.67. The normalized spacial score (nSPS) is 11.1. The summed E-state index contributed by atoms with van der Waals surface area (Å²) in [5.41, 5.74) is 0.757. The van der Waals surface area contributed by atoms with E-state index in [4.69, 9.17) is 39.5 Å². The zero-order valence-electron chi connectivity index (χ0n) is 15.4. The van der Waals surface area contributed by atoms with Gasteiger partial charge in [-0.15, -0.1) is 0 Å². The van der Waals surface area contributed by atoms with Gasteiger partial charge in [0.25, 0.3) is 15.9 Å². The van der Waals surface area contributed by atoms with Crippen LogP contribution in [0.15, 0.2) is 65.6 Å². The van der Waals surface area contributed by atoms with Crippen molar-refractivity contribution in [2.75, 3.05) is 17.1 Å². The molecule has 0 aliphatic heterocycles. The Morgan fingerprint density at radius 3 is 2.13 bits per heavy atom. The van der Waals surface area contributed by atoms with E-state index in [-0.39, 0.29) is 26.9 Å². The second kappa shape index (κ2) is 9.14. The molecule has 0 saturated carbocycles. The Labute approximate surface area is 188 Å². The third kappa shape index (κ3) is 5.17. The standard InChI is InChI=1S/C20H15Cl3N2O4S/c1-29-18-9-7-15(24-20(26)16-8-4-13(22)10-17(16)23)11-19(18)30(27,28)25-14-5-2-12(21)3-6-14/h2-11,25H,1H3,(H,24,26). The minimum Gasteiger partial charge on any atom is -0.495 e. The van der Waals surface area contributed by atoms with E-state index in [0.29, 0.717) is 15.7 Å². The second-order valence-corrected chi connectivity index (χ2v) is 8.99. The van der Waals surface area contributed by atoms with Gasteiger partial charge in [0.05, 0.1) is 17.7 Å². The van der Waals surface area contributed by atoms with Gasteiger partial charge in [-0.2, -0.15) is 0 Å². The van der Waals surface area contributed by atoms with E-state index in [1.807, 2.05) is 0 Å². The van der Waals surface area contributed by atoms with Gasteiger partial charge in [-0.25, -0.2) is 8.42 Å². The highest BCUT2D eigenvalue weighted by Crippen LogP contribution is 2.30. The maximum atomic E-state index is 12.9. The van der Waals surface area contributed by atoms with Crippen LogP contribution in [0.25, 0.3) is 0 Å². The first-order valence-corrected chi connectivity index (χ1v) is 11.0. The van der Waals surface area contributed by atoms with Crippen LogP contribution in [-0.4, -0.2) is 21.4 Å². The number of hydrogen-bond donors (Lipinski definition) is 2. The Kier molecular flexibility index (Phi) is 6.77. The molecule has 0 heterocycles. The molecule has 0 unspecified atom stereocenters. The lowest BCUT2D eigenvalue weighted by molar-refractivity contribution is 0.102. The van der Waals surface area contributed by atoms with E-state index < -0.39 is 15.9 Å². The van der Waals surface area contributed by atoms with E-state index in [1.165, 1.54) is 55.6 Å². The van der Waals surface area contributed by atoms with Crippen LogP contribution >= 0.6 is 34.8 Å². The predicted molar refractivity (Wildman–Crippen MR) is 120 cm³/mol. The molecule has 0 fully saturated rings. The maximum Gasteiger partial charge on any atom is 0.265 e. The summed E-state index contributed by atoms with van der Waals surface area (Å²) in [6, 6.07) is 14.9. The smallest absolute Gasteiger partial charge is 0.265 e. The highest BCUT2D eigenvalue weighted by Gasteiger charge is 2.21. The van der Waals surface area contributed by atoms with Crippen LogP contribution < -0.4 is 14.8 Å². The van der Waals surface area contributed by atoms with Crippen LogP contribution in [0.5, 0.6) is 5.75 Å². The fourth-order valence-corrected chi connectivity index (χ4v) is 4.44. The third-order valence-electron chi connectivity index (χ3n) is 3.98. The van der Waals surface area contributed by atoms with Gasteiger partial charge >= 0.3 is 0 Å². The summed E-state index contributed by atoms with van der Waals surface area (Å²) in [6.07, 6.45) is 0. The van der Waals surface area contributed by atoms with Crippen molar-refractivity contribution in [3.8, 4) is 5.75 Å². The highest BCUT2D eigenvalue weighted by molar-refractivity contribution is 7.92. The number of amides is 1. The van der Waals surface area contributed by atoms with Crippen molar-refractivity contribution in [2.45, 2.75) is 4.90 Å². The number of halogens is 3. The summed E-state index contributed by atoms with van der Waals surface area (Å²) in [5, 5.41) is 3.66. The SMILES string of the molecule is COc1ccc(NC(=O)c2ccc(Cl)cc2Cl)cc1S(=O)(=O)Nc1ccc(Cl)cc1. The van der Waals surface area contributed by atoms with E-state index in [9.17, 15) is 13.2 Å². The van der Waals surface area contributed by atoms with Gasteiger partial charge in [0.15, 0.2) is 0 Å². The van der Waals surface area contributed by atoms with Gasteiger partial charge in [0.1, 0.15) is 10.6 Å². The molecule has 0 radical (unpaired) electrons. The van der Waals surface area contributed by atoms with Crippen molar-refractivity contribution in [3.05, 3.63) is 81.3 Å². The molecule has 3 rings (SSSR count). The van der Waals surface area contributed by atoms with Crippen molar-refractivity contribution in [1.82, 2.24) is 0 Å². The molecule has 1 amide bonds. The molecule has 0 aromatic heterocycles. The van der Waals surface area contributed by atoms with Crippen molar-refractivity contribution in [3.63, 3.8) is 0 Å². The monoisotopic (exact) mass is 484 g/mol. The van der Waals surface area contributed by atoms with Gasteiger partial charge in [0, 0.05) is 21.4 Å². The first-order valence-electron chi connectivity index (χ1n) is 8.42. The molecule has 10 heteroatoms. The molecule has 3 aromatic carbocycles. The zero-order valence-corrected chi connectivity index (χ0v) is 18.5. The van der Waals surface area contributed by atoms with E-state index in [2.05, 4.69) is 10.0 Å². The number of carbonyl (C=O) groups excluding carboxylic acids is 1. The molecule has 0 atom stereocenters. The molecular formula is C20H15Cl3N2O4S. The predicted octanol–water partition coefficient (Wildman–Crippen LogP) is 5.71. The number of ether oxygens (including phenoxy) is 1. The minimum atomic E-state index is -4.02. The summed E-state index contributed by atoms with van der Waals surface area (Å²) in [5.74, 6) is -0.408. The summed E-state index contributed by atoms with van der Waals surface area (Å²) in [4.78, 5) is 12.4. The summed E-state index contributed by atoms with van der Waals surface area (Å²) < 4.78 is 33.4. The van der Waals surface area contributed by atoms with E-state index in [1.54, 1.807) is 12.1 Å². The maximum absolute atomic E-state index is 12.9. The Balaban J connectivity index is 1.91. The van der Waals surface area contributed by atoms with Crippen molar-refractivity contribution in [2.24, 2.45) is 0 Å². The second-order valence-electron chi connectivity index (χ2n) is 6.06. The van der Waals surface area contributed by atoms with Crippen LogP contribution in [0.3, 0.4) is 0 Å². The molecule has 6 nitrogen and oxygen atoms in total. The Bertz CT molecular complexity index is 1200. The Morgan fingerprint density at radius 2 is 1.50 bits per heavy atom. The molecule has 156 valence electrons. The van der Waals surface area contributed by atoms with Crippen LogP contribution in [0, 0.1) is 0 Å². The molecule has 0 bridgehead atoms. The van der Waals surface area contributed by atoms with Gasteiger partial charge in [-0.3, -0.25) is 9.52 Å². The lowest BCUT2D eigenvalue weighted by Gasteiger charge is -2.14. The highest BCUT2D eigenvalue weighted by atomic mass is 35.5. The quantitative estimate of drug-likeness (QED) is 0.468. The minimum absolute atomic E-state index is 0.110. The molecule has 3 aromatic rings. The lowest BCUT2D eigenvalue weighted by atomic mass is 10.2. The van der Waals surface area contributed by atoms with Gasteiger partial charge in [-0.1, -0.05) is 34.8 Å². The Hall–Kier alpha value is -2.45. The lowest BCUT2D eigenvalue weighted by Crippen LogP contribution is -2.16. The number of methoxy groups -OCH3 is 1.